The van der Waals surface area contributed by atoms with E-state index in [1.165, 1.54) is 0 Å². The molecule has 0 aromatic heterocycles. The Balaban J connectivity index is 1.49. The van der Waals surface area contributed by atoms with Gasteiger partial charge in [-0.05, 0) is 42.0 Å². The van der Waals surface area contributed by atoms with Gasteiger partial charge in [-0.15, -0.1) is 0 Å². The van der Waals surface area contributed by atoms with Crippen LogP contribution in [0.2, 0.25) is 0 Å². The van der Waals surface area contributed by atoms with Gasteiger partial charge in [-0.25, -0.2) is 0 Å². The minimum Gasteiger partial charge on any atom is -0.455 e. The smallest absolute Gasteiger partial charge is 0.310 e. The Morgan fingerprint density at radius 1 is 0.857 bits per heavy atom. The Hall–Kier alpha value is -2.57. The Bertz CT molecular complexity index is 990. The quantitative estimate of drug-likeness (QED) is 0.498. The molecule has 3 aromatic carbocycles. The SMILES string of the molecule is O=C(Cc1ccc(Br)cc1)OCC(=O)N1c2ccccc2Sc2ccccc21. The van der Waals surface area contributed by atoms with Crippen molar-refractivity contribution in [2.75, 3.05) is 11.5 Å². The molecule has 0 radical (unpaired) electrons. The zero-order valence-corrected chi connectivity index (χ0v) is 17.2. The number of hydrogen-bond donors (Lipinski definition) is 0. The third kappa shape index (κ3) is 3.98. The average Bonchev–Trinajstić information content (AvgIpc) is 2.72. The number of esters is 1. The molecule has 0 saturated carbocycles. The van der Waals surface area contributed by atoms with E-state index in [2.05, 4.69) is 15.9 Å². The summed E-state index contributed by atoms with van der Waals surface area (Å²) in [4.78, 5) is 28.8. The number of carbonyl (C=O) groups excluding carboxylic acids is 2. The van der Waals surface area contributed by atoms with Gasteiger partial charge in [0.25, 0.3) is 5.91 Å². The lowest BCUT2D eigenvalue weighted by Gasteiger charge is -2.30. The number of hydrogen-bond acceptors (Lipinski definition) is 4. The first-order valence-corrected chi connectivity index (χ1v) is 10.3. The first-order chi connectivity index (χ1) is 13.6. The molecule has 4 nitrogen and oxygen atoms in total. The number of anilines is 2. The first-order valence-electron chi connectivity index (χ1n) is 8.71. The Morgan fingerprint density at radius 2 is 1.43 bits per heavy atom. The van der Waals surface area contributed by atoms with Gasteiger partial charge in [-0.3, -0.25) is 14.5 Å². The van der Waals surface area contributed by atoms with Crippen molar-refractivity contribution in [3.63, 3.8) is 0 Å². The van der Waals surface area contributed by atoms with Crippen LogP contribution in [0, 0.1) is 0 Å². The molecule has 0 atom stereocenters. The van der Waals surface area contributed by atoms with Gasteiger partial charge in [0.1, 0.15) is 0 Å². The molecule has 1 aliphatic rings. The highest BCUT2D eigenvalue weighted by Crippen LogP contribution is 2.47. The van der Waals surface area contributed by atoms with E-state index in [0.717, 1.165) is 31.2 Å². The van der Waals surface area contributed by atoms with Crippen molar-refractivity contribution in [2.24, 2.45) is 0 Å². The van der Waals surface area contributed by atoms with Crippen LogP contribution in [0.3, 0.4) is 0 Å². The van der Waals surface area contributed by atoms with Crippen molar-refractivity contribution in [2.45, 2.75) is 16.2 Å². The Morgan fingerprint density at radius 3 is 2.04 bits per heavy atom. The number of ether oxygens (including phenoxy) is 1. The van der Waals surface area contributed by atoms with Crippen molar-refractivity contribution in [1.82, 2.24) is 0 Å². The van der Waals surface area contributed by atoms with E-state index in [4.69, 9.17) is 4.74 Å². The highest BCUT2D eigenvalue weighted by Gasteiger charge is 2.28. The lowest BCUT2D eigenvalue weighted by molar-refractivity contribution is -0.147. The number of rotatable bonds is 4. The van der Waals surface area contributed by atoms with Crippen LogP contribution in [-0.2, 0) is 20.7 Å². The predicted molar refractivity (Wildman–Crippen MR) is 113 cm³/mol. The number of amides is 1. The Labute approximate surface area is 175 Å². The molecule has 4 rings (SSSR count). The summed E-state index contributed by atoms with van der Waals surface area (Å²) in [6, 6.07) is 22.9. The van der Waals surface area contributed by atoms with Gasteiger partial charge in [0.15, 0.2) is 6.61 Å². The summed E-state index contributed by atoms with van der Waals surface area (Å²) in [5.74, 6) is -0.701. The third-order valence-corrected chi connectivity index (χ3v) is 5.96. The van der Waals surface area contributed by atoms with Crippen molar-refractivity contribution < 1.29 is 14.3 Å². The molecule has 3 aromatic rings. The van der Waals surface area contributed by atoms with Crippen LogP contribution in [0.25, 0.3) is 0 Å². The van der Waals surface area contributed by atoms with Crippen LogP contribution in [0.5, 0.6) is 0 Å². The average molecular weight is 454 g/mol. The van der Waals surface area contributed by atoms with Gasteiger partial charge in [-0.1, -0.05) is 64.1 Å². The second-order valence-electron chi connectivity index (χ2n) is 6.23. The van der Waals surface area contributed by atoms with Crippen LogP contribution < -0.4 is 4.90 Å². The van der Waals surface area contributed by atoms with E-state index in [1.807, 2.05) is 72.8 Å². The number of fused-ring (bicyclic) bond motifs is 2. The molecule has 0 spiro atoms. The fraction of sp³-hybridized carbons (Fsp3) is 0.0909. The summed E-state index contributed by atoms with van der Waals surface area (Å²) in [6.45, 7) is -0.303. The molecule has 1 amide bonds. The minimum atomic E-state index is -0.427. The van der Waals surface area contributed by atoms with Gasteiger partial charge in [0.2, 0.25) is 0 Å². The van der Waals surface area contributed by atoms with Crippen molar-refractivity contribution in [3.05, 3.63) is 82.8 Å². The molecule has 0 bridgehead atoms. The van der Waals surface area contributed by atoms with Gasteiger partial charge >= 0.3 is 5.97 Å². The first kappa shape index (κ1) is 18.8. The maximum Gasteiger partial charge on any atom is 0.310 e. The lowest BCUT2D eigenvalue weighted by atomic mass is 10.2. The summed E-state index contributed by atoms with van der Waals surface area (Å²) in [5.41, 5.74) is 2.45. The molecule has 28 heavy (non-hydrogen) atoms. The highest BCUT2D eigenvalue weighted by molar-refractivity contribution is 9.10. The van der Waals surface area contributed by atoms with Gasteiger partial charge in [0.05, 0.1) is 17.8 Å². The summed E-state index contributed by atoms with van der Waals surface area (Å²) >= 11 is 4.99. The minimum absolute atomic E-state index is 0.129. The fourth-order valence-corrected chi connectivity index (χ4v) is 4.32. The molecular weight excluding hydrogens is 438 g/mol. The van der Waals surface area contributed by atoms with Crippen LogP contribution in [0.1, 0.15) is 5.56 Å². The summed E-state index contributed by atoms with van der Waals surface area (Å²) < 4.78 is 6.22. The summed E-state index contributed by atoms with van der Waals surface area (Å²) in [5, 5.41) is 0. The van der Waals surface area contributed by atoms with E-state index in [0.29, 0.717) is 0 Å². The molecule has 140 valence electrons. The van der Waals surface area contributed by atoms with Crippen LogP contribution in [0.15, 0.2) is 87.1 Å². The molecular formula is C22H16BrNO3S. The largest absolute Gasteiger partial charge is 0.455 e. The third-order valence-electron chi connectivity index (χ3n) is 4.30. The summed E-state index contributed by atoms with van der Waals surface area (Å²) in [7, 11) is 0. The van der Waals surface area contributed by atoms with Crippen molar-refractivity contribution >= 4 is 50.9 Å². The molecule has 0 fully saturated rings. The van der Waals surface area contributed by atoms with E-state index < -0.39 is 5.97 Å². The van der Waals surface area contributed by atoms with Crippen LogP contribution >= 0.6 is 27.7 Å². The van der Waals surface area contributed by atoms with E-state index >= 15 is 0 Å². The van der Waals surface area contributed by atoms with E-state index in [-0.39, 0.29) is 18.9 Å². The topological polar surface area (TPSA) is 46.6 Å². The van der Waals surface area contributed by atoms with Crippen molar-refractivity contribution in [3.8, 4) is 0 Å². The number of para-hydroxylation sites is 2. The number of benzene rings is 3. The molecule has 1 heterocycles. The normalized spacial score (nSPS) is 12.1. The van der Waals surface area contributed by atoms with E-state index in [9.17, 15) is 9.59 Å². The number of nitrogens with zero attached hydrogens (tertiary/aromatic N) is 1. The lowest BCUT2D eigenvalue weighted by Crippen LogP contribution is -2.32. The number of carbonyl (C=O) groups is 2. The maximum atomic E-state index is 13.0. The Kier molecular flexibility index (Phi) is 5.50. The predicted octanol–water partition coefficient (Wildman–Crippen LogP) is 5.36. The van der Waals surface area contributed by atoms with Gasteiger partial charge < -0.3 is 4.74 Å². The van der Waals surface area contributed by atoms with Crippen molar-refractivity contribution in [1.29, 1.82) is 0 Å². The zero-order chi connectivity index (χ0) is 19.5. The standard InChI is InChI=1S/C22H16BrNO3S/c23-16-11-9-15(10-12-16)13-22(26)27-14-21(25)24-17-5-1-3-7-19(17)28-20-8-4-2-6-18(20)24/h1-12H,13-14H2. The van der Waals surface area contributed by atoms with E-state index in [1.54, 1.807) is 16.7 Å². The monoisotopic (exact) mass is 453 g/mol. The van der Waals surface area contributed by atoms with Gasteiger partial charge in [0, 0.05) is 14.3 Å². The zero-order valence-electron chi connectivity index (χ0n) is 14.8. The van der Waals surface area contributed by atoms with Gasteiger partial charge in [-0.2, -0.15) is 0 Å². The highest BCUT2D eigenvalue weighted by atomic mass is 79.9. The molecule has 6 heteroatoms. The summed E-state index contributed by atoms with van der Waals surface area (Å²) in [6.07, 6.45) is 0.129. The molecule has 0 unspecified atom stereocenters. The van der Waals surface area contributed by atoms with Crippen LogP contribution in [0.4, 0.5) is 11.4 Å². The molecule has 0 aliphatic carbocycles. The second kappa shape index (κ2) is 8.20. The number of halogens is 1. The molecule has 0 saturated heterocycles. The maximum absolute atomic E-state index is 13.0. The molecule has 0 N–H and O–H groups in total. The second-order valence-corrected chi connectivity index (χ2v) is 8.23. The molecule has 1 aliphatic heterocycles. The fourth-order valence-electron chi connectivity index (χ4n) is 3.00. The van der Waals surface area contributed by atoms with Crippen LogP contribution in [-0.4, -0.2) is 18.5 Å².